The lowest BCUT2D eigenvalue weighted by Gasteiger charge is -2.37. The van der Waals surface area contributed by atoms with E-state index in [1.165, 1.54) is 0 Å². The van der Waals surface area contributed by atoms with Gasteiger partial charge in [0, 0.05) is 51.9 Å². The first kappa shape index (κ1) is 23.9. The summed E-state index contributed by atoms with van der Waals surface area (Å²) in [5.41, 5.74) is 1.10. The van der Waals surface area contributed by atoms with Gasteiger partial charge in [-0.15, -0.1) is 24.0 Å². The molecular formula is C22H31IN6O. The first-order valence-corrected chi connectivity index (χ1v) is 10.3. The van der Waals surface area contributed by atoms with Crippen molar-refractivity contribution < 1.29 is 4.79 Å². The summed E-state index contributed by atoms with van der Waals surface area (Å²) in [6.07, 6.45) is 2.21. The standard InChI is InChI=1S/C22H30N6O.HI/c1-2-23-22(25-13-11-21(29)26-18-19-8-4-3-5-9-19)28-16-14-27(15-17-28)20-10-6-7-12-24-20;/h3-10,12H,2,11,13-18H2,1H3,(H,23,25)(H,26,29);1H. The predicted molar refractivity (Wildman–Crippen MR) is 132 cm³/mol. The Balaban J connectivity index is 0.00000320. The molecule has 1 fully saturated rings. The molecule has 1 aliphatic heterocycles. The lowest BCUT2D eigenvalue weighted by Crippen LogP contribution is -2.52. The molecule has 3 rings (SSSR count). The van der Waals surface area contributed by atoms with Crippen molar-refractivity contribution in [1.29, 1.82) is 0 Å². The van der Waals surface area contributed by atoms with Crippen LogP contribution in [0.3, 0.4) is 0 Å². The monoisotopic (exact) mass is 522 g/mol. The molecular weight excluding hydrogens is 491 g/mol. The van der Waals surface area contributed by atoms with E-state index >= 15 is 0 Å². The summed E-state index contributed by atoms with van der Waals surface area (Å²) in [5, 5.41) is 6.30. The van der Waals surface area contributed by atoms with Crippen LogP contribution in [0.5, 0.6) is 0 Å². The van der Waals surface area contributed by atoms with Crippen LogP contribution in [0.15, 0.2) is 59.7 Å². The molecule has 7 nitrogen and oxygen atoms in total. The molecule has 1 amide bonds. The third-order valence-corrected chi connectivity index (χ3v) is 4.82. The van der Waals surface area contributed by atoms with Gasteiger partial charge in [-0.3, -0.25) is 9.79 Å². The molecule has 0 atom stereocenters. The number of piperazine rings is 1. The van der Waals surface area contributed by atoms with Crippen LogP contribution in [-0.2, 0) is 11.3 Å². The van der Waals surface area contributed by atoms with E-state index in [-0.39, 0.29) is 29.9 Å². The van der Waals surface area contributed by atoms with E-state index in [1.54, 1.807) is 0 Å². The van der Waals surface area contributed by atoms with E-state index in [1.807, 2.05) is 54.7 Å². The van der Waals surface area contributed by atoms with Crippen LogP contribution in [-0.4, -0.2) is 61.0 Å². The third kappa shape index (κ3) is 7.47. The first-order valence-electron chi connectivity index (χ1n) is 10.3. The zero-order chi connectivity index (χ0) is 20.3. The fourth-order valence-corrected chi connectivity index (χ4v) is 3.26. The van der Waals surface area contributed by atoms with E-state index in [2.05, 4.69) is 37.3 Å². The Bertz CT molecular complexity index is 779. The van der Waals surface area contributed by atoms with Crippen molar-refractivity contribution in [2.75, 3.05) is 44.2 Å². The average molecular weight is 522 g/mol. The lowest BCUT2D eigenvalue weighted by molar-refractivity contribution is -0.121. The Morgan fingerprint density at radius 2 is 1.77 bits per heavy atom. The van der Waals surface area contributed by atoms with E-state index in [0.29, 0.717) is 19.5 Å². The molecule has 0 saturated carbocycles. The number of pyridine rings is 1. The Kier molecular flexibility index (Phi) is 10.4. The minimum absolute atomic E-state index is 0. The van der Waals surface area contributed by atoms with Gasteiger partial charge in [0.25, 0.3) is 0 Å². The molecule has 0 spiro atoms. The maximum atomic E-state index is 12.1. The minimum atomic E-state index is 0. The molecule has 1 saturated heterocycles. The van der Waals surface area contributed by atoms with Gasteiger partial charge in [0.2, 0.25) is 5.91 Å². The van der Waals surface area contributed by atoms with Crippen LogP contribution in [0.1, 0.15) is 18.9 Å². The second-order valence-corrected chi connectivity index (χ2v) is 6.91. The van der Waals surface area contributed by atoms with Crippen LogP contribution in [0, 0.1) is 0 Å². The zero-order valence-corrected chi connectivity index (χ0v) is 19.8. The highest BCUT2D eigenvalue weighted by Gasteiger charge is 2.20. The quantitative estimate of drug-likeness (QED) is 0.332. The maximum Gasteiger partial charge on any atom is 0.222 e. The molecule has 0 bridgehead atoms. The minimum Gasteiger partial charge on any atom is -0.357 e. The van der Waals surface area contributed by atoms with E-state index in [4.69, 9.17) is 0 Å². The topological polar surface area (TPSA) is 72.9 Å². The van der Waals surface area contributed by atoms with Crippen molar-refractivity contribution in [2.24, 2.45) is 4.99 Å². The second-order valence-electron chi connectivity index (χ2n) is 6.91. The highest BCUT2D eigenvalue weighted by Crippen LogP contribution is 2.12. The molecule has 0 radical (unpaired) electrons. The largest absolute Gasteiger partial charge is 0.357 e. The molecule has 0 aliphatic carbocycles. The number of nitrogens with one attached hydrogen (secondary N) is 2. The van der Waals surface area contributed by atoms with Gasteiger partial charge in [0.1, 0.15) is 5.82 Å². The predicted octanol–water partition coefficient (Wildman–Crippen LogP) is 2.49. The van der Waals surface area contributed by atoms with Gasteiger partial charge in [0.15, 0.2) is 5.96 Å². The number of nitrogens with zero attached hydrogens (tertiary/aromatic N) is 4. The number of aromatic nitrogens is 1. The summed E-state index contributed by atoms with van der Waals surface area (Å²) in [6, 6.07) is 15.9. The van der Waals surface area contributed by atoms with Gasteiger partial charge in [0.05, 0.1) is 6.54 Å². The Morgan fingerprint density at radius 1 is 1.03 bits per heavy atom. The normalized spacial score (nSPS) is 14.1. The number of amides is 1. The van der Waals surface area contributed by atoms with E-state index < -0.39 is 0 Å². The number of hydrogen-bond donors (Lipinski definition) is 2. The number of aliphatic imine (C=N–C) groups is 1. The summed E-state index contributed by atoms with van der Waals surface area (Å²) in [6.45, 7) is 7.46. The molecule has 1 aromatic heterocycles. The zero-order valence-electron chi connectivity index (χ0n) is 17.5. The Hall–Kier alpha value is -2.36. The Labute approximate surface area is 196 Å². The highest BCUT2D eigenvalue weighted by molar-refractivity contribution is 14.0. The SMILES string of the molecule is CCNC(=NCCC(=O)NCc1ccccc1)N1CCN(c2ccccn2)CC1.I. The fourth-order valence-electron chi connectivity index (χ4n) is 3.26. The van der Waals surface area contributed by atoms with Gasteiger partial charge in [-0.25, -0.2) is 4.98 Å². The number of hydrogen-bond acceptors (Lipinski definition) is 4. The van der Waals surface area contributed by atoms with Crippen LogP contribution in [0.2, 0.25) is 0 Å². The average Bonchev–Trinajstić information content (AvgIpc) is 2.78. The van der Waals surface area contributed by atoms with Gasteiger partial charge < -0.3 is 20.4 Å². The molecule has 30 heavy (non-hydrogen) atoms. The second kappa shape index (κ2) is 13.0. The van der Waals surface area contributed by atoms with Crippen molar-refractivity contribution >= 4 is 41.7 Å². The maximum absolute atomic E-state index is 12.1. The van der Waals surface area contributed by atoms with Gasteiger partial charge in [-0.1, -0.05) is 36.4 Å². The van der Waals surface area contributed by atoms with Crippen molar-refractivity contribution in [2.45, 2.75) is 19.9 Å². The van der Waals surface area contributed by atoms with Crippen LogP contribution >= 0.6 is 24.0 Å². The fraction of sp³-hybridized carbons (Fsp3) is 0.409. The lowest BCUT2D eigenvalue weighted by atomic mass is 10.2. The number of rotatable bonds is 7. The van der Waals surface area contributed by atoms with Crippen LogP contribution < -0.4 is 15.5 Å². The van der Waals surface area contributed by atoms with Crippen LogP contribution in [0.25, 0.3) is 0 Å². The summed E-state index contributed by atoms with van der Waals surface area (Å²) >= 11 is 0. The summed E-state index contributed by atoms with van der Waals surface area (Å²) in [7, 11) is 0. The van der Waals surface area contributed by atoms with E-state index in [9.17, 15) is 4.79 Å². The van der Waals surface area contributed by atoms with Gasteiger partial charge >= 0.3 is 0 Å². The molecule has 2 heterocycles. The number of halogens is 1. The molecule has 2 N–H and O–H groups in total. The summed E-state index contributed by atoms with van der Waals surface area (Å²) in [4.78, 5) is 25.7. The summed E-state index contributed by atoms with van der Waals surface area (Å²) < 4.78 is 0. The van der Waals surface area contributed by atoms with Crippen molar-refractivity contribution in [3.63, 3.8) is 0 Å². The third-order valence-electron chi connectivity index (χ3n) is 4.82. The molecule has 1 aromatic carbocycles. The van der Waals surface area contributed by atoms with Crippen molar-refractivity contribution in [3.05, 3.63) is 60.3 Å². The number of anilines is 1. The van der Waals surface area contributed by atoms with E-state index in [0.717, 1.165) is 50.1 Å². The molecule has 2 aromatic rings. The van der Waals surface area contributed by atoms with Crippen molar-refractivity contribution in [1.82, 2.24) is 20.5 Å². The number of carbonyl (C=O) groups is 1. The summed E-state index contributed by atoms with van der Waals surface area (Å²) in [5.74, 6) is 1.92. The molecule has 162 valence electrons. The highest BCUT2D eigenvalue weighted by atomic mass is 127. The smallest absolute Gasteiger partial charge is 0.222 e. The van der Waals surface area contributed by atoms with Crippen LogP contribution in [0.4, 0.5) is 5.82 Å². The van der Waals surface area contributed by atoms with Crippen molar-refractivity contribution in [3.8, 4) is 0 Å². The number of carbonyl (C=O) groups excluding carboxylic acids is 1. The van der Waals surface area contributed by atoms with Gasteiger partial charge in [-0.05, 0) is 24.6 Å². The first-order chi connectivity index (χ1) is 14.3. The van der Waals surface area contributed by atoms with Gasteiger partial charge in [-0.2, -0.15) is 0 Å². The number of guanidine groups is 1. The molecule has 8 heteroatoms. The molecule has 1 aliphatic rings. The number of benzene rings is 1. The Morgan fingerprint density at radius 3 is 2.43 bits per heavy atom. The molecule has 0 unspecified atom stereocenters.